The Morgan fingerprint density at radius 3 is 1.85 bits per heavy atom. The van der Waals surface area contributed by atoms with Gasteiger partial charge in [0.2, 0.25) is 0 Å². The lowest BCUT2D eigenvalue weighted by Crippen LogP contribution is -2.13. The minimum Gasteiger partial charge on any atom is -0.383 e. The number of nitrogens with zero attached hydrogens (tertiary/aromatic N) is 6. The maximum Gasteiger partial charge on any atom is 0.435 e. The average molecular weight is 442 g/mol. The topological polar surface area (TPSA) is 87.4 Å². The van der Waals surface area contributed by atoms with Gasteiger partial charge in [-0.3, -0.25) is 0 Å². The molecular weight excluding hydrogens is 436 g/mol. The highest BCUT2D eigenvalue weighted by atomic mass is 79.9. The third-order valence-corrected chi connectivity index (χ3v) is 3.79. The first-order valence-electron chi connectivity index (χ1n) is 6.56. The van der Waals surface area contributed by atoms with E-state index in [1.54, 1.807) is 0 Å². The van der Waals surface area contributed by atoms with E-state index in [1.165, 1.54) is 0 Å². The lowest BCUT2D eigenvalue weighted by molar-refractivity contribution is -0.142. The van der Waals surface area contributed by atoms with Gasteiger partial charge in [0.15, 0.2) is 17.2 Å². The van der Waals surface area contributed by atoms with Crippen LogP contribution in [0.4, 0.5) is 32.2 Å². The van der Waals surface area contributed by atoms with Crippen molar-refractivity contribution in [2.24, 2.45) is 0 Å². The number of halogens is 7. The van der Waals surface area contributed by atoms with Crippen molar-refractivity contribution in [3.63, 3.8) is 0 Å². The zero-order valence-corrected chi connectivity index (χ0v) is 13.8. The second kappa shape index (κ2) is 5.96. The maximum absolute atomic E-state index is 12.7. The van der Waals surface area contributed by atoms with Crippen molar-refractivity contribution < 1.29 is 26.3 Å². The van der Waals surface area contributed by atoms with Crippen molar-refractivity contribution in [2.45, 2.75) is 12.4 Å². The predicted octanol–water partition coefficient (Wildman–Crippen LogP) is 3.23. The van der Waals surface area contributed by atoms with E-state index in [2.05, 4.69) is 36.1 Å². The van der Waals surface area contributed by atoms with E-state index in [1.807, 2.05) is 0 Å². The zero-order valence-electron chi connectivity index (χ0n) is 12.2. The Hall–Kier alpha value is -2.64. The quantitative estimate of drug-likeness (QED) is 0.616. The molecule has 0 aliphatic carbocycles. The van der Waals surface area contributed by atoms with Gasteiger partial charge in [-0.05, 0) is 28.1 Å². The molecule has 0 aliphatic heterocycles. The van der Waals surface area contributed by atoms with Crippen LogP contribution in [-0.4, -0.2) is 29.5 Å². The lowest BCUT2D eigenvalue weighted by Gasteiger charge is -2.09. The smallest absolute Gasteiger partial charge is 0.383 e. The number of hydrogen-bond donors (Lipinski definition) is 1. The summed E-state index contributed by atoms with van der Waals surface area (Å²) in [5.74, 6) is -0.801. The monoisotopic (exact) mass is 441 g/mol. The Bertz CT molecular complexity index is 958. The van der Waals surface area contributed by atoms with E-state index >= 15 is 0 Å². The Kier molecular flexibility index (Phi) is 4.17. The largest absolute Gasteiger partial charge is 0.435 e. The number of rotatable bonds is 2. The SMILES string of the molecule is Nc1nc(-n2ccc(C(F)(F)F)n2)nc(-n2ccc(C(F)(F)F)n2)c1Br. The molecule has 0 fully saturated rings. The molecule has 0 radical (unpaired) electrons. The first-order valence-corrected chi connectivity index (χ1v) is 7.35. The van der Waals surface area contributed by atoms with Gasteiger partial charge in [0.25, 0.3) is 5.95 Å². The van der Waals surface area contributed by atoms with E-state index < -0.39 is 23.7 Å². The molecular formula is C12H6BrF6N7. The number of nitrogen functional groups attached to an aromatic ring is 1. The second-order valence-corrected chi connectivity index (χ2v) is 5.63. The van der Waals surface area contributed by atoms with Crippen molar-refractivity contribution in [3.8, 4) is 11.8 Å². The molecule has 0 amide bonds. The van der Waals surface area contributed by atoms with Crippen molar-refractivity contribution in [1.82, 2.24) is 29.5 Å². The van der Waals surface area contributed by atoms with E-state index in [4.69, 9.17) is 5.73 Å². The van der Waals surface area contributed by atoms with Crippen molar-refractivity contribution >= 4 is 21.7 Å². The first kappa shape index (κ1) is 18.2. The van der Waals surface area contributed by atoms with Crippen LogP contribution in [0, 0.1) is 0 Å². The van der Waals surface area contributed by atoms with Gasteiger partial charge in [0.05, 0.1) is 0 Å². The minimum absolute atomic E-state index is 0.0151. The summed E-state index contributed by atoms with van der Waals surface area (Å²) < 4.78 is 77.5. The van der Waals surface area contributed by atoms with E-state index in [0.29, 0.717) is 16.8 Å². The molecule has 3 rings (SSSR count). The molecule has 0 bridgehead atoms. The van der Waals surface area contributed by atoms with Crippen LogP contribution in [0.5, 0.6) is 0 Å². The van der Waals surface area contributed by atoms with Crippen LogP contribution in [0.3, 0.4) is 0 Å². The average Bonchev–Trinajstić information content (AvgIpc) is 3.17. The molecule has 3 aromatic heterocycles. The van der Waals surface area contributed by atoms with Gasteiger partial charge in [-0.2, -0.15) is 46.5 Å². The Morgan fingerprint density at radius 2 is 1.35 bits per heavy atom. The molecule has 138 valence electrons. The van der Waals surface area contributed by atoms with E-state index in [0.717, 1.165) is 17.1 Å². The number of nitrogens with two attached hydrogens (primary N) is 1. The molecule has 0 aliphatic rings. The molecule has 0 unspecified atom stereocenters. The van der Waals surface area contributed by atoms with Crippen LogP contribution in [0.2, 0.25) is 0 Å². The van der Waals surface area contributed by atoms with Crippen LogP contribution in [0.25, 0.3) is 11.8 Å². The van der Waals surface area contributed by atoms with Gasteiger partial charge in [0, 0.05) is 12.4 Å². The maximum atomic E-state index is 12.7. The van der Waals surface area contributed by atoms with E-state index in [-0.39, 0.29) is 22.1 Å². The standard InChI is InChI=1S/C12H6BrF6N7/c13-7-8(20)21-10(26-4-2-6(24-26)12(17,18)19)22-9(7)25-3-1-5(23-25)11(14,15)16/h1-4H,(H2,20,21,22). The van der Waals surface area contributed by atoms with Crippen molar-refractivity contribution in [1.29, 1.82) is 0 Å². The fourth-order valence-electron chi connectivity index (χ4n) is 1.87. The molecule has 3 aromatic rings. The van der Waals surface area contributed by atoms with Crippen LogP contribution in [0.15, 0.2) is 29.0 Å². The summed E-state index contributed by atoms with van der Waals surface area (Å²) in [4.78, 5) is 7.66. The Labute approximate surface area is 148 Å². The highest BCUT2D eigenvalue weighted by Crippen LogP contribution is 2.31. The molecule has 7 nitrogen and oxygen atoms in total. The molecule has 14 heteroatoms. The molecule has 3 heterocycles. The molecule has 0 atom stereocenters. The minimum atomic E-state index is -4.68. The van der Waals surface area contributed by atoms with Crippen LogP contribution in [-0.2, 0) is 12.4 Å². The van der Waals surface area contributed by atoms with Gasteiger partial charge in [-0.25, -0.2) is 9.36 Å². The van der Waals surface area contributed by atoms with Gasteiger partial charge in [-0.1, -0.05) is 0 Å². The molecule has 0 spiro atoms. The van der Waals surface area contributed by atoms with Crippen LogP contribution in [0.1, 0.15) is 11.4 Å². The molecule has 26 heavy (non-hydrogen) atoms. The number of aromatic nitrogens is 6. The molecule has 0 saturated carbocycles. The summed E-state index contributed by atoms with van der Waals surface area (Å²) in [5.41, 5.74) is 3.29. The van der Waals surface area contributed by atoms with Gasteiger partial charge >= 0.3 is 12.4 Å². The summed E-state index contributed by atoms with van der Waals surface area (Å²) in [7, 11) is 0. The fraction of sp³-hybridized carbons (Fsp3) is 0.167. The van der Waals surface area contributed by atoms with Gasteiger partial charge < -0.3 is 5.73 Å². The first-order chi connectivity index (χ1) is 12.0. The summed E-state index contributed by atoms with van der Waals surface area (Å²) in [6.45, 7) is 0. The lowest BCUT2D eigenvalue weighted by atomic mass is 10.4. The van der Waals surface area contributed by atoms with Crippen molar-refractivity contribution in [2.75, 3.05) is 5.73 Å². The molecule has 2 N–H and O–H groups in total. The predicted molar refractivity (Wildman–Crippen MR) is 78.4 cm³/mol. The second-order valence-electron chi connectivity index (χ2n) is 4.83. The van der Waals surface area contributed by atoms with Crippen LogP contribution < -0.4 is 5.73 Å². The number of anilines is 1. The normalized spacial score (nSPS) is 12.6. The van der Waals surface area contributed by atoms with Gasteiger partial charge in [0.1, 0.15) is 10.3 Å². The van der Waals surface area contributed by atoms with Gasteiger partial charge in [-0.15, -0.1) is 0 Å². The number of hydrogen-bond acceptors (Lipinski definition) is 5. The Balaban J connectivity index is 2.08. The van der Waals surface area contributed by atoms with Crippen LogP contribution >= 0.6 is 15.9 Å². The summed E-state index contributed by atoms with van der Waals surface area (Å²) in [5, 5.41) is 6.63. The molecule has 0 aromatic carbocycles. The Morgan fingerprint density at radius 1 is 0.846 bits per heavy atom. The third-order valence-electron chi connectivity index (χ3n) is 3.03. The summed E-state index contributed by atoms with van der Waals surface area (Å²) in [6.07, 6.45) is -7.44. The zero-order chi connectivity index (χ0) is 19.3. The molecule has 0 saturated heterocycles. The summed E-state index contributed by atoms with van der Waals surface area (Å²) in [6, 6.07) is 1.40. The van der Waals surface area contributed by atoms with E-state index in [9.17, 15) is 26.3 Å². The summed E-state index contributed by atoms with van der Waals surface area (Å²) >= 11 is 3.02. The third kappa shape index (κ3) is 3.36. The fourth-order valence-corrected chi connectivity index (χ4v) is 2.23. The highest BCUT2D eigenvalue weighted by molar-refractivity contribution is 9.10. The highest BCUT2D eigenvalue weighted by Gasteiger charge is 2.35. The van der Waals surface area contributed by atoms with Crippen molar-refractivity contribution in [3.05, 3.63) is 40.4 Å². The number of alkyl halides is 6.